The summed E-state index contributed by atoms with van der Waals surface area (Å²) in [6.45, 7) is 6.21. The van der Waals surface area contributed by atoms with E-state index in [0.717, 1.165) is 38.6 Å². The van der Waals surface area contributed by atoms with E-state index in [1.807, 2.05) is 0 Å². The predicted molar refractivity (Wildman–Crippen MR) is 58.3 cm³/mol. The molecule has 0 aromatic rings. The Labute approximate surface area is 87.1 Å². The second kappa shape index (κ2) is 9.16. The third-order valence-corrected chi connectivity index (χ3v) is 2.64. The SMILES string of the molecule is CCC(CCCC=O)N(CC)CCO. The first kappa shape index (κ1) is 13.6. The van der Waals surface area contributed by atoms with Gasteiger partial charge in [-0.2, -0.15) is 0 Å². The molecule has 0 amide bonds. The van der Waals surface area contributed by atoms with E-state index >= 15 is 0 Å². The number of carbonyl (C=O) groups is 1. The second-order valence-electron chi connectivity index (χ2n) is 3.51. The molecule has 0 fully saturated rings. The molecule has 0 aromatic heterocycles. The van der Waals surface area contributed by atoms with Gasteiger partial charge in [0, 0.05) is 19.0 Å². The number of hydrogen-bond donors (Lipinski definition) is 1. The molecule has 0 aliphatic carbocycles. The fourth-order valence-electron chi connectivity index (χ4n) is 1.81. The van der Waals surface area contributed by atoms with Gasteiger partial charge in [-0.05, 0) is 25.8 Å². The quantitative estimate of drug-likeness (QED) is 0.453. The molecule has 84 valence electrons. The number of rotatable bonds is 9. The number of likely N-dealkylation sites (N-methyl/N-ethyl adjacent to an activating group) is 1. The van der Waals surface area contributed by atoms with Crippen molar-refractivity contribution in [1.29, 1.82) is 0 Å². The van der Waals surface area contributed by atoms with Gasteiger partial charge in [0.15, 0.2) is 0 Å². The van der Waals surface area contributed by atoms with Crippen LogP contribution in [0.5, 0.6) is 0 Å². The average molecular weight is 201 g/mol. The molecule has 0 radical (unpaired) electrons. The molecule has 0 bridgehead atoms. The summed E-state index contributed by atoms with van der Waals surface area (Å²) in [6, 6.07) is 0.520. The van der Waals surface area contributed by atoms with Crippen molar-refractivity contribution in [3.05, 3.63) is 0 Å². The standard InChI is InChI=1S/C11H23NO2/c1-3-11(7-5-6-9-13)12(4-2)8-10-14/h9,11,14H,3-8,10H2,1-2H3. The van der Waals surface area contributed by atoms with Crippen LogP contribution in [-0.4, -0.2) is 42.0 Å². The summed E-state index contributed by atoms with van der Waals surface area (Å²) in [5, 5.41) is 8.89. The lowest BCUT2D eigenvalue weighted by atomic mass is 10.1. The third kappa shape index (κ3) is 5.35. The third-order valence-electron chi connectivity index (χ3n) is 2.64. The topological polar surface area (TPSA) is 40.5 Å². The molecular weight excluding hydrogens is 178 g/mol. The second-order valence-corrected chi connectivity index (χ2v) is 3.51. The number of carbonyl (C=O) groups excluding carboxylic acids is 1. The van der Waals surface area contributed by atoms with Crippen molar-refractivity contribution in [3.8, 4) is 0 Å². The number of aliphatic hydroxyl groups is 1. The van der Waals surface area contributed by atoms with E-state index in [0.29, 0.717) is 12.5 Å². The number of unbranched alkanes of at least 4 members (excludes halogenated alkanes) is 1. The summed E-state index contributed by atoms with van der Waals surface area (Å²) in [7, 11) is 0. The lowest BCUT2D eigenvalue weighted by molar-refractivity contribution is -0.108. The molecular formula is C11H23NO2. The van der Waals surface area contributed by atoms with Crippen LogP contribution in [0.2, 0.25) is 0 Å². The molecule has 0 aliphatic rings. The van der Waals surface area contributed by atoms with E-state index in [1.165, 1.54) is 0 Å². The molecule has 1 unspecified atom stereocenters. The molecule has 1 atom stereocenters. The maximum absolute atomic E-state index is 10.2. The van der Waals surface area contributed by atoms with Crippen LogP contribution < -0.4 is 0 Å². The normalized spacial score (nSPS) is 13.1. The molecule has 0 heterocycles. The van der Waals surface area contributed by atoms with E-state index in [9.17, 15) is 4.79 Å². The molecule has 14 heavy (non-hydrogen) atoms. The van der Waals surface area contributed by atoms with E-state index in [2.05, 4.69) is 18.7 Å². The van der Waals surface area contributed by atoms with Gasteiger partial charge in [-0.25, -0.2) is 0 Å². The molecule has 0 saturated heterocycles. The van der Waals surface area contributed by atoms with Gasteiger partial charge in [0.05, 0.1) is 6.61 Å². The first-order valence-corrected chi connectivity index (χ1v) is 5.58. The highest BCUT2D eigenvalue weighted by molar-refractivity contribution is 5.48. The summed E-state index contributed by atoms with van der Waals surface area (Å²) in [5.41, 5.74) is 0. The summed E-state index contributed by atoms with van der Waals surface area (Å²) >= 11 is 0. The first-order valence-electron chi connectivity index (χ1n) is 5.58. The zero-order valence-electron chi connectivity index (χ0n) is 9.41. The highest BCUT2D eigenvalue weighted by Crippen LogP contribution is 2.11. The van der Waals surface area contributed by atoms with Crippen molar-refractivity contribution in [2.75, 3.05) is 19.7 Å². The minimum atomic E-state index is 0.220. The highest BCUT2D eigenvalue weighted by atomic mass is 16.3. The zero-order chi connectivity index (χ0) is 10.8. The maximum Gasteiger partial charge on any atom is 0.119 e. The van der Waals surface area contributed by atoms with Crippen LogP contribution in [0, 0.1) is 0 Å². The molecule has 1 N–H and O–H groups in total. The molecule has 3 heteroatoms. The van der Waals surface area contributed by atoms with Crippen molar-refractivity contribution >= 4 is 6.29 Å². The van der Waals surface area contributed by atoms with Gasteiger partial charge in [0.1, 0.15) is 6.29 Å². The van der Waals surface area contributed by atoms with Crippen molar-refractivity contribution in [1.82, 2.24) is 4.90 Å². The minimum Gasteiger partial charge on any atom is -0.395 e. The summed E-state index contributed by atoms with van der Waals surface area (Å²) in [4.78, 5) is 12.5. The van der Waals surface area contributed by atoms with Crippen LogP contribution in [0.1, 0.15) is 39.5 Å². The molecule has 3 nitrogen and oxygen atoms in total. The predicted octanol–water partition coefficient (Wildman–Crippen LogP) is 1.45. The van der Waals surface area contributed by atoms with E-state index < -0.39 is 0 Å². The Bertz CT molecular complexity index is 139. The maximum atomic E-state index is 10.2. The van der Waals surface area contributed by atoms with Gasteiger partial charge in [-0.15, -0.1) is 0 Å². The highest BCUT2D eigenvalue weighted by Gasteiger charge is 2.13. The van der Waals surface area contributed by atoms with Crippen LogP contribution in [0.4, 0.5) is 0 Å². The minimum absolute atomic E-state index is 0.220. The summed E-state index contributed by atoms with van der Waals surface area (Å²) < 4.78 is 0. The molecule has 0 spiro atoms. The van der Waals surface area contributed by atoms with Crippen LogP contribution in [-0.2, 0) is 4.79 Å². The van der Waals surface area contributed by atoms with Gasteiger partial charge >= 0.3 is 0 Å². The molecule has 0 aromatic carbocycles. The number of aliphatic hydroxyl groups excluding tert-OH is 1. The summed E-state index contributed by atoms with van der Waals surface area (Å²) in [6.07, 6.45) is 4.75. The zero-order valence-corrected chi connectivity index (χ0v) is 9.41. The number of nitrogens with zero attached hydrogens (tertiary/aromatic N) is 1. The van der Waals surface area contributed by atoms with Crippen molar-refractivity contribution < 1.29 is 9.90 Å². The van der Waals surface area contributed by atoms with Crippen LogP contribution in [0.3, 0.4) is 0 Å². The van der Waals surface area contributed by atoms with Gasteiger partial charge in [0.25, 0.3) is 0 Å². The number of hydrogen-bond acceptors (Lipinski definition) is 3. The molecule has 0 saturated carbocycles. The fraction of sp³-hybridized carbons (Fsp3) is 0.909. The van der Waals surface area contributed by atoms with Gasteiger partial charge in [-0.1, -0.05) is 13.8 Å². The monoisotopic (exact) mass is 201 g/mol. The van der Waals surface area contributed by atoms with E-state index in [4.69, 9.17) is 5.11 Å². The van der Waals surface area contributed by atoms with Gasteiger partial charge < -0.3 is 9.90 Å². The average Bonchev–Trinajstić information content (AvgIpc) is 2.22. The van der Waals surface area contributed by atoms with Gasteiger partial charge in [-0.3, -0.25) is 4.90 Å². The van der Waals surface area contributed by atoms with Crippen molar-refractivity contribution in [2.24, 2.45) is 0 Å². The number of aldehydes is 1. The van der Waals surface area contributed by atoms with Gasteiger partial charge in [0.2, 0.25) is 0 Å². The summed E-state index contributed by atoms with van der Waals surface area (Å²) in [5.74, 6) is 0. The lowest BCUT2D eigenvalue weighted by Gasteiger charge is -2.29. The first-order chi connectivity index (χ1) is 6.79. The fourth-order valence-corrected chi connectivity index (χ4v) is 1.81. The Morgan fingerprint density at radius 1 is 1.43 bits per heavy atom. The van der Waals surface area contributed by atoms with E-state index in [-0.39, 0.29) is 6.61 Å². The van der Waals surface area contributed by atoms with Crippen molar-refractivity contribution in [2.45, 2.75) is 45.6 Å². The van der Waals surface area contributed by atoms with Crippen LogP contribution in [0.15, 0.2) is 0 Å². The van der Waals surface area contributed by atoms with Crippen LogP contribution in [0.25, 0.3) is 0 Å². The van der Waals surface area contributed by atoms with E-state index in [1.54, 1.807) is 0 Å². The Hall–Kier alpha value is -0.410. The van der Waals surface area contributed by atoms with Crippen LogP contribution >= 0.6 is 0 Å². The Balaban J connectivity index is 3.87. The molecule has 0 rings (SSSR count). The smallest absolute Gasteiger partial charge is 0.119 e. The van der Waals surface area contributed by atoms with Crippen molar-refractivity contribution in [3.63, 3.8) is 0 Å². The Morgan fingerprint density at radius 2 is 2.14 bits per heavy atom. The Morgan fingerprint density at radius 3 is 2.57 bits per heavy atom. The molecule has 0 aliphatic heterocycles. The lowest BCUT2D eigenvalue weighted by Crippen LogP contribution is -2.36. The Kier molecular flexibility index (Phi) is 8.89. The largest absolute Gasteiger partial charge is 0.395 e.